The van der Waals surface area contributed by atoms with Crippen LogP contribution in [0.15, 0.2) is 60.4 Å². The van der Waals surface area contributed by atoms with E-state index < -0.39 is 0 Å². The Labute approximate surface area is 125 Å². The summed E-state index contributed by atoms with van der Waals surface area (Å²) in [4.78, 5) is 2.06. The lowest BCUT2D eigenvalue weighted by atomic mass is 9.80. The van der Waals surface area contributed by atoms with Crippen LogP contribution in [0.3, 0.4) is 0 Å². The van der Waals surface area contributed by atoms with E-state index in [9.17, 15) is 0 Å². The third kappa shape index (κ3) is 6.07. The summed E-state index contributed by atoms with van der Waals surface area (Å²) in [5.41, 5.74) is 4.18. The average Bonchev–Trinajstić information content (AvgIpc) is 2.44. The maximum absolute atomic E-state index is 3.93. The first-order chi connectivity index (χ1) is 9.53. The molecule has 1 aliphatic carbocycles. The van der Waals surface area contributed by atoms with Crippen molar-refractivity contribution in [3.8, 4) is 0 Å². The molecule has 2 heteroatoms. The Morgan fingerprint density at radius 3 is 2.20 bits per heavy atom. The van der Waals surface area contributed by atoms with Crippen LogP contribution in [-0.4, -0.2) is 33.1 Å². The molecule has 0 radical (unpaired) electrons. The van der Waals surface area contributed by atoms with Gasteiger partial charge in [0, 0.05) is 20.0 Å². The highest BCUT2D eigenvalue weighted by atomic mass is 15.0. The van der Waals surface area contributed by atoms with Crippen molar-refractivity contribution in [3.05, 3.63) is 60.4 Å². The molecule has 1 N–H and O–H groups in total. The van der Waals surface area contributed by atoms with Crippen LogP contribution in [0, 0.1) is 5.92 Å². The van der Waals surface area contributed by atoms with Crippen LogP contribution in [-0.2, 0) is 0 Å². The quantitative estimate of drug-likeness (QED) is 0.782. The first-order valence-corrected chi connectivity index (χ1v) is 7.09. The lowest BCUT2D eigenvalue weighted by molar-refractivity contribution is 0.562. The Bertz CT molecular complexity index is 398. The highest BCUT2D eigenvalue weighted by Gasteiger charge is 2.19. The number of nitrogens with zero attached hydrogens (tertiary/aromatic N) is 1. The summed E-state index contributed by atoms with van der Waals surface area (Å²) in [5, 5.41) is 2.75. The van der Waals surface area contributed by atoms with Gasteiger partial charge in [-0.05, 0) is 57.3 Å². The largest absolute Gasteiger partial charge is 0.383 e. The first kappa shape index (κ1) is 18.5. The second-order valence-corrected chi connectivity index (χ2v) is 5.12. The molecule has 2 nitrogen and oxygen atoms in total. The summed E-state index contributed by atoms with van der Waals surface area (Å²) in [7, 11) is 7.83. The van der Waals surface area contributed by atoms with E-state index in [-0.39, 0.29) is 0 Å². The number of hydrogen-bond acceptors (Lipinski definition) is 2. The highest BCUT2D eigenvalue weighted by molar-refractivity contribution is 5.41. The number of nitrogens with one attached hydrogen (secondary N) is 1. The maximum Gasteiger partial charge on any atom is 0.00556 e. The minimum atomic E-state index is 0.476. The van der Waals surface area contributed by atoms with Crippen molar-refractivity contribution in [2.45, 2.75) is 19.8 Å². The molecule has 0 saturated heterocycles. The van der Waals surface area contributed by atoms with Crippen LogP contribution in [0.2, 0.25) is 0 Å². The average molecular weight is 274 g/mol. The lowest BCUT2D eigenvalue weighted by Crippen LogP contribution is -2.11. The van der Waals surface area contributed by atoms with Gasteiger partial charge in [-0.25, -0.2) is 0 Å². The van der Waals surface area contributed by atoms with E-state index in [1.165, 1.54) is 16.7 Å². The summed E-state index contributed by atoms with van der Waals surface area (Å²) in [6.07, 6.45) is 12.6. The van der Waals surface area contributed by atoms with Crippen LogP contribution in [0.5, 0.6) is 0 Å². The van der Waals surface area contributed by atoms with Crippen molar-refractivity contribution in [3.63, 3.8) is 0 Å². The van der Waals surface area contributed by atoms with Crippen LogP contribution < -0.4 is 5.32 Å². The second kappa shape index (κ2) is 10.3. The van der Waals surface area contributed by atoms with Crippen molar-refractivity contribution in [2.24, 2.45) is 5.92 Å². The van der Waals surface area contributed by atoms with Crippen molar-refractivity contribution < 1.29 is 0 Å². The lowest BCUT2D eigenvalue weighted by Gasteiger charge is -2.25. The third-order valence-corrected chi connectivity index (χ3v) is 3.20. The van der Waals surface area contributed by atoms with E-state index in [1.807, 2.05) is 40.3 Å². The summed E-state index contributed by atoms with van der Waals surface area (Å²) < 4.78 is 0. The molecule has 0 aromatic rings. The molecule has 0 aromatic heterocycles. The van der Waals surface area contributed by atoms with Gasteiger partial charge in [-0.1, -0.05) is 30.4 Å². The van der Waals surface area contributed by atoms with E-state index in [4.69, 9.17) is 0 Å². The molecule has 0 aromatic carbocycles. The zero-order valence-electron chi connectivity index (χ0n) is 13.7. The van der Waals surface area contributed by atoms with E-state index in [0.717, 1.165) is 12.8 Å². The molecule has 112 valence electrons. The highest BCUT2D eigenvalue weighted by Crippen LogP contribution is 2.35. The summed E-state index contributed by atoms with van der Waals surface area (Å²) in [6.45, 7) is 9.96. The van der Waals surface area contributed by atoms with Crippen LogP contribution in [0.1, 0.15) is 19.8 Å². The zero-order chi connectivity index (χ0) is 15.5. The minimum Gasteiger partial charge on any atom is -0.383 e. The fraction of sp³-hybridized carbons (Fsp3) is 0.444. The van der Waals surface area contributed by atoms with E-state index in [1.54, 1.807) is 0 Å². The Hall–Kier alpha value is -1.54. The summed E-state index contributed by atoms with van der Waals surface area (Å²) >= 11 is 0. The molecule has 0 amide bonds. The standard InChI is InChI=1S/C16H23N.C2H7N/c1-6-13-11-15(8-3)16(9-10-17(4)5)12-14(13)7-2;1-3-2/h6-10,13H,1,3,11-12H2,2,4-5H3;3H,1-2H3/b10-9+,14-7-;. The predicted molar refractivity (Wildman–Crippen MR) is 91.7 cm³/mol. The maximum atomic E-state index is 3.93. The zero-order valence-corrected chi connectivity index (χ0v) is 13.7. The van der Waals surface area contributed by atoms with Crippen LogP contribution in [0.25, 0.3) is 0 Å². The van der Waals surface area contributed by atoms with Gasteiger partial charge in [0.05, 0.1) is 0 Å². The second-order valence-electron chi connectivity index (χ2n) is 5.12. The van der Waals surface area contributed by atoms with Gasteiger partial charge >= 0.3 is 0 Å². The molecule has 1 rings (SSSR count). The van der Waals surface area contributed by atoms with E-state index in [2.05, 4.69) is 48.7 Å². The third-order valence-electron chi connectivity index (χ3n) is 3.20. The molecule has 1 aliphatic rings. The van der Waals surface area contributed by atoms with Gasteiger partial charge in [-0.3, -0.25) is 0 Å². The molecule has 1 atom stereocenters. The molecule has 0 saturated carbocycles. The monoisotopic (exact) mass is 274 g/mol. The van der Waals surface area contributed by atoms with Crippen molar-refractivity contribution >= 4 is 0 Å². The van der Waals surface area contributed by atoms with Crippen LogP contribution in [0.4, 0.5) is 0 Å². The molecule has 0 fully saturated rings. The van der Waals surface area contributed by atoms with Gasteiger partial charge in [0.1, 0.15) is 0 Å². The normalized spacial score (nSPS) is 20.6. The number of hydrogen-bond donors (Lipinski definition) is 1. The smallest absolute Gasteiger partial charge is 0.00556 e. The Morgan fingerprint density at radius 1 is 1.20 bits per heavy atom. The van der Waals surface area contributed by atoms with Crippen molar-refractivity contribution in [1.82, 2.24) is 10.2 Å². The van der Waals surface area contributed by atoms with Crippen molar-refractivity contribution in [1.29, 1.82) is 0 Å². The molecular weight excluding hydrogens is 244 g/mol. The molecule has 20 heavy (non-hydrogen) atoms. The molecular formula is C18H30N2. The fourth-order valence-corrected chi connectivity index (χ4v) is 2.13. The van der Waals surface area contributed by atoms with Gasteiger partial charge < -0.3 is 10.2 Å². The topological polar surface area (TPSA) is 15.3 Å². The summed E-state index contributed by atoms with van der Waals surface area (Å²) in [5.74, 6) is 0.476. The van der Waals surface area contributed by atoms with Gasteiger partial charge in [-0.2, -0.15) is 0 Å². The van der Waals surface area contributed by atoms with E-state index in [0.29, 0.717) is 5.92 Å². The number of rotatable bonds is 4. The summed E-state index contributed by atoms with van der Waals surface area (Å²) in [6, 6.07) is 0. The Morgan fingerprint density at radius 2 is 1.80 bits per heavy atom. The molecule has 0 bridgehead atoms. The Kier molecular flexibility index (Phi) is 9.48. The Balaban J connectivity index is 0.00000110. The SMILES string of the molecule is C=CC1=C(/C=C/N(C)C)C/C(=C/C)C(C=C)C1.CNC. The van der Waals surface area contributed by atoms with E-state index >= 15 is 0 Å². The van der Waals surface area contributed by atoms with Gasteiger partial charge in [0.2, 0.25) is 0 Å². The van der Waals surface area contributed by atoms with Gasteiger partial charge in [0.15, 0.2) is 0 Å². The van der Waals surface area contributed by atoms with Crippen molar-refractivity contribution in [2.75, 3.05) is 28.2 Å². The van der Waals surface area contributed by atoms with Gasteiger partial charge in [0.25, 0.3) is 0 Å². The predicted octanol–water partition coefficient (Wildman–Crippen LogP) is 3.92. The van der Waals surface area contributed by atoms with Crippen LogP contribution >= 0.6 is 0 Å². The number of allylic oxidation sites excluding steroid dienone is 7. The minimum absolute atomic E-state index is 0.476. The molecule has 0 spiro atoms. The molecule has 0 heterocycles. The first-order valence-electron chi connectivity index (χ1n) is 7.09. The van der Waals surface area contributed by atoms with Gasteiger partial charge in [-0.15, -0.1) is 6.58 Å². The molecule has 1 unspecified atom stereocenters. The fourth-order valence-electron chi connectivity index (χ4n) is 2.13. The molecule has 0 aliphatic heterocycles.